The summed E-state index contributed by atoms with van der Waals surface area (Å²) in [5.41, 5.74) is 1.11. The molecule has 0 saturated heterocycles. The third-order valence-corrected chi connectivity index (χ3v) is 4.20. The second-order valence-electron chi connectivity index (χ2n) is 4.77. The molecular weight excluding hydrogens is 352 g/mol. The molecule has 9 heteroatoms. The first kappa shape index (κ1) is 18.2. The zero-order chi connectivity index (χ0) is 17.5. The van der Waals surface area contributed by atoms with Crippen molar-refractivity contribution in [1.82, 2.24) is 10.3 Å². The summed E-state index contributed by atoms with van der Waals surface area (Å²) in [6.07, 6.45) is 0. The molecule has 0 fully saturated rings. The highest BCUT2D eigenvalue weighted by Crippen LogP contribution is 2.23. The van der Waals surface area contributed by atoms with Gasteiger partial charge in [0.15, 0.2) is 5.13 Å². The van der Waals surface area contributed by atoms with Crippen LogP contribution in [0.1, 0.15) is 15.4 Å². The minimum atomic E-state index is -0.461. The van der Waals surface area contributed by atoms with Gasteiger partial charge < -0.3 is 15.4 Å². The zero-order valence-corrected chi connectivity index (χ0v) is 14.8. The quantitative estimate of drug-likeness (QED) is 0.683. The maximum absolute atomic E-state index is 12.0. The highest BCUT2D eigenvalue weighted by Gasteiger charge is 2.16. The van der Waals surface area contributed by atoms with Crippen LogP contribution >= 0.6 is 22.9 Å². The fraction of sp³-hybridized carbons (Fsp3) is 0.267. The summed E-state index contributed by atoms with van der Waals surface area (Å²) in [4.78, 5) is 28.6. The Hall–Kier alpha value is -2.16. The molecule has 0 bridgehead atoms. The molecule has 7 nitrogen and oxygen atoms in total. The molecule has 0 aliphatic carbocycles. The molecule has 24 heavy (non-hydrogen) atoms. The number of ether oxygens (including phenoxy) is 1. The summed E-state index contributed by atoms with van der Waals surface area (Å²) in [5, 5.41) is 8.82. The second kappa shape index (κ2) is 8.62. The number of carbonyl (C=O) groups excluding carboxylic acids is 2. The molecular formula is C15H17ClN4O3S. The summed E-state index contributed by atoms with van der Waals surface area (Å²) in [6, 6.07) is 6.32. The number of nitrogens with zero attached hydrogens (tertiary/aromatic N) is 1. The van der Waals surface area contributed by atoms with Gasteiger partial charge in [0.05, 0.1) is 12.3 Å². The summed E-state index contributed by atoms with van der Waals surface area (Å²) in [6.45, 7) is 2.54. The van der Waals surface area contributed by atoms with Crippen molar-refractivity contribution in [2.45, 2.75) is 6.92 Å². The van der Waals surface area contributed by atoms with Crippen molar-refractivity contribution in [1.29, 1.82) is 0 Å². The van der Waals surface area contributed by atoms with Crippen LogP contribution in [0.2, 0.25) is 5.02 Å². The van der Waals surface area contributed by atoms with Crippen LogP contribution in [-0.2, 0) is 4.74 Å². The lowest BCUT2D eigenvalue weighted by atomic mass is 10.3. The molecule has 2 rings (SSSR count). The van der Waals surface area contributed by atoms with E-state index in [1.807, 2.05) is 0 Å². The Kier molecular flexibility index (Phi) is 6.53. The minimum Gasteiger partial charge on any atom is -0.383 e. The van der Waals surface area contributed by atoms with E-state index in [4.69, 9.17) is 16.3 Å². The zero-order valence-electron chi connectivity index (χ0n) is 13.2. The number of methoxy groups -OCH3 is 1. The molecule has 0 aliphatic rings. The van der Waals surface area contributed by atoms with Crippen LogP contribution in [0.4, 0.5) is 15.6 Å². The molecule has 1 heterocycles. The first-order chi connectivity index (χ1) is 11.5. The van der Waals surface area contributed by atoms with Crippen LogP contribution in [0, 0.1) is 6.92 Å². The van der Waals surface area contributed by atoms with E-state index < -0.39 is 6.03 Å². The molecule has 128 valence electrons. The molecule has 0 spiro atoms. The number of aromatic nitrogens is 1. The van der Waals surface area contributed by atoms with Gasteiger partial charge in [-0.25, -0.2) is 9.78 Å². The molecule has 0 radical (unpaired) electrons. The number of aryl methyl sites for hydroxylation is 1. The number of anilines is 2. The summed E-state index contributed by atoms with van der Waals surface area (Å²) in [7, 11) is 1.56. The molecule has 0 unspecified atom stereocenters. The first-order valence-corrected chi connectivity index (χ1v) is 8.27. The van der Waals surface area contributed by atoms with E-state index in [0.29, 0.717) is 39.6 Å². The third-order valence-electron chi connectivity index (χ3n) is 2.90. The number of thiazole rings is 1. The minimum absolute atomic E-state index is 0.245. The van der Waals surface area contributed by atoms with Crippen molar-refractivity contribution in [3.05, 3.63) is 39.9 Å². The predicted octanol–water partition coefficient (Wildman–Crippen LogP) is 3.13. The van der Waals surface area contributed by atoms with E-state index >= 15 is 0 Å². The maximum atomic E-state index is 12.0. The van der Waals surface area contributed by atoms with Gasteiger partial charge in [0.1, 0.15) is 4.88 Å². The number of amides is 3. The first-order valence-electron chi connectivity index (χ1n) is 7.07. The fourth-order valence-corrected chi connectivity index (χ4v) is 2.90. The van der Waals surface area contributed by atoms with Crippen molar-refractivity contribution in [3.8, 4) is 0 Å². The summed E-state index contributed by atoms with van der Waals surface area (Å²) < 4.78 is 4.88. The van der Waals surface area contributed by atoms with Gasteiger partial charge in [0.25, 0.3) is 5.91 Å². The van der Waals surface area contributed by atoms with E-state index in [-0.39, 0.29) is 5.91 Å². The van der Waals surface area contributed by atoms with Crippen LogP contribution in [0.15, 0.2) is 24.3 Å². The Morgan fingerprint density at radius 3 is 2.83 bits per heavy atom. The highest BCUT2D eigenvalue weighted by molar-refractivity contribution is 7.17. The largest absolute Gasteiger partial charge is 0.383 e. The normalized spacial score (nSPS) is 10.3. The topological polar surface area (TPSA) is 92.4 Å². The fourth-order valence-electron chi connectivity index (χ4n) is 1.83. The molecule has 3 N–H and O–H groups in total. The Bertz CT molecular complexity index is 735. The van der Waals surface area contributed by atoms with Crippen LogP contribution in [0.5, 0.6) is 0 Å². The number of hydrogen-bond donors (Lipinski definition) is 3. The smallest absolute Gasteiger partial charge is 0.325 e. The second-order valence-corrected chi connectivity index (χ2v) is 6.21. The third kappa shape index (κ3) is 5.19. The van der Waals surface area contributed by atoms with Gasteiger partial charge in [-0.2, -0.15) is 0 Å². The number of halogens is 1. The molecule has 1 aromatic carbocycles. The van der Waals surface area contributed by atoms with E-state index in [1.165, 1.54) is 0 Å². The number of carbonyl (C=O) groups is 2. The molecule has 0 atom stereocenters. The Morgan fingerprint density at radius 1 is 1.33 bits per heavy atom. The van der Waals surface area contributed by atoms with Crippen molar-refractivity contribution in [2.24, 2.45) is 0 Å². The van der Waals surface area contributed by atoms with Crippen LogP contribution in [0.25, 0.3) is 0 Å². The van der Waals surface area contributed by atoms with Crippen LogP contribution in [-0.4, -0.2) is 37.2 Å². The van der Waals surface area contributed by atoms with E-state index in [2.05, 4.69) is 20.9 Å². The number of rotatable bonds is 6. The van der Waals surface area contributed by atoms with E-state index in [1.54, 1.807) is 38.3 Å². The van der Waals surface area contributed by atoms with Crippen LogP contribution < -0.4 is 16.0 Å². The van der Waals surface area contributed by atoms with E-state index in [9.17, 15) is 9.59 Å². The summed E-state index contributed by atoms with van der Waals surface area (Å²) in [5.74, 6) is -0.245. The molecule has 0 aliphatic heterocycles. The highest BCUT2D eigenvalue weighted by atomic mass is 35.5. The standard InChI is InChI=1S/C15H17ClN4O3S/c1-9-12(13(21)17-6-7-23-2)24-15(18-9)20-14(22)19-11-5-3-4-10(16)8-11/h3-5,8H,6-7H2,1-2H3,(H,17,21)(H2,18,19,20,22). The van der Waals surface area contributed by atoms with Gasteiger partial charge in [0.2, 0.25) is 0 Å². The average Bonchev–Trinajstić information content (AvgIpc) is 2.87. The van der Waals surface area contributed by atoms with Gasteiger partial charge >= 0.3 is 6.03 Å². The maximum Gasteiger partial charge on any atom is 0.325 e. The van der Waals surface area contributed by atoms with Crippen molar-refractivity contribution in [2.75, 3.05) is 30.9 Å². The number of nitrogens with one attached hydrogen (secondary N) is 3. The lowest BCUT2D eigenvalue weighted by Crippen LogP contribution is -2.26. The molecule has 0 saturated carbocycles. The molecule has 3 amide bonds. The van der Waals surface area contributed by atoms with E-state index in [0.717, 1.165) is 11.3 Å². The van der Waals surface area contributed by atoms with Gasteiger partial charge in [0, 0.05) is 24.4 Å². The average molecular weight is 369 g/mol. The Labute approximate surface area is 148 Å². The number of urea groups is 1. The number of hydrogen-bond acceptors (Lipinski definition) is 5. The summed E-state index contributed by atoms with van der Waals surface area (Å²) >= 11 is 6.97. The van der Waals surface area contributed by atoms with Gasteiger partial charge in [-0.15, -0.1) is 0 Å². The van der Waals surface area contributed by atoms with Crippen molar-refractivity contribution >= 4 is 45.7 Å². The van der Waals surface area contributed by atoms with Crippen LogP contribution in [0.3, 0.4) is 0 Å². The van der Waals surface area contributed by atoms with Crippen molar-refractivity contribution in [3.63, 3.8) is 0 Å². The monoisotopic (exact) mass is 368 g/mol. The Morgan fingerprint density at radius 2 is 2.12 bits per heavy atom. The Balaban J connectivity index is 1.96. The van der Waals surface area contributed by atoms with Gasteiger partial charge in [-0.05, 0) is 25.1 Å². The lowest BCUT2D eigenvalue weighted by molar-refractivity contribution is 0.0940. The predicted molar refractivity (Wildman–Crippen MR) is 95.2 cm³/mol. The number of benzene rings is 1. The lowest BCUT2D eigenvalue weighted by Gasteiger charge is -2.05. The SMILES string of the molecule is COCCNC(=O)c1sc(NC(=O)Nc2cccc(Cl)c2)nc1C. The molecule has 1 aromatic heterocycles. The van der Waals surface area contributed by atoms with Crippen molar-refractivity contribution < 1.29 is 14.3 Å². The molecule has 2 aromatic rings. The van der Waals surface area contributed by atoms with Gasteiger partial charge in [-0.3, -0.25) is 10.1 Å². The van der Waals surface area contributed by atoms with Gasteiger partial charge in [-0.1, -0.05) is 29.0 Å².